The SMILES string of the molecule is C[S@@](=N)(=O)c1ccc(-c2cn3c4c(nc3cc2F)[C@H](O)C[C@@H]4c2cc(Cl)ccc2OC(F)F)cc1.C[S@](=N)(=O)c1ccc(-c2cn3c4c(nc3cc2F)[C@H](O)C[C@@H]4c2cc(Cl)ccc2OC(F)F)cc1. The predicted octanol–water partition coefficient (Wildman–Crippen LogP) is 12.0. The molecule has 0 saturated carbocycles. The monoisotopic (exact) mass is 1040 g/mol. The lowest BCUT2D eigenvalue weighted by atomic mass is 9.95. The summed E-state index contributed by atoms with van der Waals surface area (Å²) in [5, 5.41) is 22.0. The Balaban J connectivity index is 0.000000174. The largest absolute Gasteiger partial charge is 0.435 e. The molecule has 0 fully saturated rings. The number of aliphatic hydroxyl groups is 2. The molecule has 2 aliphatic carbocycles. The number of aliphatic hydroxyl groups excluding tert-OH is 2. The molecule has 0 saturated heterocycles. The second-order valence-electron chi connectivity index (χ2n) is 16.8. The van der Waals surface area contributed by atoms with E-state index < -0.39 is 68.4 Å². The van der Waals surface area contributed by atoms with Crippen LogP contribution in [0.5, 0.6) is 11.5 Å². The van der Waals surface area contributed by atoms with Crippen molar-refractivity contribution in [1.82, 2.24) is 18.8 Å². The fraction of sp³-hybridized carbons (Fsp3) is 0.208. The van der Waals surface area contributed by atoms with E-state index in [9.17, 15) is 36.2 Å². The molecule has 70 heavy (non-hydrogen) atoms. The van der Waals surface area contributed by atoms with Crippen LogP contribution < -0.4 is 9.47 Å². The second-order valence-corrected chi connectivity index (χ2v) is 21.9. The first-order chi connectivity index (χ1) is 33.0. The van der Waals surface area contributed by atoms with Crippen LogP contribution in [0.25, 0.3) is 33.5 Å². The zero-order valence-corrected chi connectivity index (χ0v) is 39.6. The smallest absolute Gasteiger partial charge is 0.387 e. The molecule has 0 bridgehead atoms. The van der Waals surface area contributed by atoms with E-state index in [1.165, 1.54) is 97.7 Å². The first-order valence-electron chi connectivity index (χ1n) is 21.0. The lowest BCUT2D eigenvalue weighted by molar-refractivity contribution is -0.0512. The summed E-state index contributed by atoms with van der Waals surface area (Å²) in [4.78, 5) is 9.43. The fourth-order valence-corrected chi connectivity index (χ4v) is 10.7. The lowest BCUT2D eigenvalue weighted by Gasteiger charge is -2.18. The van der Waals surface area contributed by atoms with Crippen molar-refractivity contribution in [2.24, 2.45) is 0 Å². The summed E-state index contributed by atoms with van der Waals surface area (Å²) in [6.45, 7) is -6.10. The average molecular weight is 1040 g/mol. The minimum Gasteiger partial charge on any atom is -0.435 e. The molecule has 2 aliphatic rings. The van der Waals surface area contributed by atoms with Gasteiger partial charge in [0.1, 0.15) is 34.4 Å². The summed E-state index contributed by atoms with van der Waals surface area (Å²) < 4.78 is 134. The molecule has 364 valence electrons. The van der Waals surface area contributed by atoms with Crippen LogP contribution in [0.15, 0.2) is 119 Å². The highest BCUT2D eigenvalue weighted by molar-refractivity contribution is 7.92. The number of nitrogens with zero attached hydrogens (tertiary/aromatic N) is 4. The number of aromatic nitrogens is 4. The number of pyridine rings is 2. The van der Waals surface area contributed by atoms with E-state index in [0.717, 1.165) is 0 Å². The van der Waals surface area contributed by atoms with Crippen molar-refractivity contribution in [2.45, 2.75) is 59.9 Å². The zero-order valence-electron chi connectivity index (χ0n) is 36.4. The van der Waals surface area contributed by atoms with Gasteiger partial charge in [-0.25, -0.2) is 36.7 Å². The highest BCUT2D eigenvalue weighted by Gasteiger charge is 2.39. The van der Waals surface area contributed by atoms with Gasteiger partial charge in [-0.15, -0.1) is 0 Å². The van der Waals surface area contributed by atoms with E-state index in [2.05, 4.69) is 9.97 Å². The van der Waals surface area contributed by atoms with Gasteiger partial charge in [-0.2, -0.15) is 17.6 Å². The van der Waals surface area contributed by atoms with Crippen LogP contribution in [0, 0.1) is 21.2 Å². The zero-order chi connectivity index (χ0) is 50.1. The lowest BCUT2D eigenvalue weighted by Crippen LogP contribution is -2.09. The van der Waals surface area contributed by atoms with Gasteiger partial charge in [-0.3, -0.25) is 0 Å². The number of alkyl halides is 4. The van der Waals surface area contributed by atoms with Crippen LogP contribution in [0.1, 0.15) is 70.8 Å². The predicted molar refractivity (Wildman–Crippen MR) is 250 cm³/mol. The van der Waals surface area contributed by atoms with Gasteiger partial charge in [-0.05, 0) is 84.6 Å². The number of ether oxygens (including phenoxy) is 2. The quantitative estimate of drug-likeness (QED) is 0.0979. The summed E-state index contributed by atoms with van der Waals surface area (Å²) in [7, 11) is -5.84. The third-order valence-electron chi connectivity index (χ3n) is 12.1. The summed E-state index contributed by atoms with van der Waals surface area (Å²) in [6, 6.07) is 23.4. The van der Waals surface area contributed by atoms with Gasteiger partial charge in [0, 0.05) is 91.0 Å². The van der Waals surface area contributed by atoms with Crippen LogP contribution in [0.2, 0.25) is 10.0 Å². The molecule has 4 aromatic carbocycles. The minimum absolute atomic E-state index is 0.0686. The molecular weight excluding hydrogens is 1010 g/mol. The van der Waals surface area contributed by atoms with Gasteiger partial charge in [0.2, 0.25) is 0 Å². The molecule has 8 aromatic rings. The van der Waals surface area contributed by atoms with Crippen LogP contribution in [0.4, 0.5) is 26.3 Å². The van der Waals surface area contributed by atoms with Crippen molar-refractivity contribution in [2.75, 3.05) is 12.5 Å². The maximum absolute atomic E-state index is 15.1. The van der Waals surface area contributed by atoms with Gasteiger partial charge < -0.3 is 28.5 Å². The standard InChI is InChI=1S/2C24H19ClF3N3O3S/c2*1-35(29,33)14-5-2-12(3-6-14)17-11-31-21(10-18(17)26)30-22-19(32)9-16(23(22)31)15-8-13(25)4-7-20(15)34-24(27)28/h2*2-8,10-11,16,19,24,29,32H,9H2,1H3/t16-,19-,35+;16-,19-,35-/m11/s1. The van der Waals surface area contributed by atoms with Crippen LogP contribution in [-0.2, 0) is 19.5 Å². The molecule has 10 rings (SSSR count). The van der Waals surface area contributed by atoms with Crippen molar-refractivity contribution in [3.05, 3.63) is 165 Å². The Morgan fingerprint density at radius 2 is 0.971 bits per heavy atom. The number of rotatable bonds is 10. The first-order valence-corrected chi connectivity index (χ1v) is 25.7. The van der Waals surface area contributed by atoms with Gasteiger partial charge in [0.25, 0.3) is 0 Å². The Labute approximate surface area is 406 Å². The topological polar surface area (TPSA) is 175 Å². The number of imidazole rings is 2. The molecule has 4 heterocycles. The fourth-order valence-electron chi connectivity index (χ4n) is 9.03. The number of fused-ring (bicyclic) bond motifs is 6. The summed E-state index contributed by atoms with van der Waals surface area (Å²) in [6.07, 6.45) is 4.00. The van der Waals surface area contributed by atoms with Crippen LogP contribution >= 0.6 is 23.2 Å². The molecule has 0 radical (unpaired) electrons. The van der Waals surface area contributed by atoms with Crippen LogP contribution in [0.3, 0.4) is 0 Å². The first kappa shape index (κ1) is 48.8. The molecular formula is C48H38Cl2F6N6O6S2. The summed E-state index contributed by atoms with van der Waals surface area (Å²) in [5.41, 5.74) is 4.31. The molecule has 6 atom stereocenters. The molecule has 0 spiro atoms. The third kappa shape index (κ3) is 9.43. The average Bonchev–Trinajstić information content (AvgIpc) is 4.03. The summed E-state index contributed by atoms with van der Waals surface area (Å²) >= 11 is 12.3. The molecule has 4 N–H and O–H groups in total. The maximum atomic E-state index is 15.1. The number of halogens is 8. The highest BCUT2D eigenvalue weighted by Crippen LogP contribution is 2.49. The number of hydrogen-bond acceptors (Lipinski definition) is 10. The number of hydrogen-bond donors (Lipinski definition) is 4. The van der Waals surface area contributed by atoms with Crippen molar-refractivity contribution < 1.29 is 54.4 Å². The number of benzene rings is 4. The maximum Gasteiger partial charge on any atom is 0.387 e. The Bertz CT molecular complexity index is 3350. The van der Waals surface area contributed by atoms with Crippen molar-refractivity contribution in [1.29, 1.82) is 9.56 Å². The normalized spacial score (nSPS) is 19.2. The molecule has 0 unspecified atom stereocenters. The van der Waals surface area contributed by atoms with Gasteiger partial charge in [0.15, 0.2) is 0 Å². The van der Waals surface area contributed by atoms with Crippen molar-refractivity contribution in [3.8, 4) is 33.8 Å². The van der Waals surface area contributed by atoms with E-state index in [1.54, 1.807) is 33.1 Å². The van der Waals surface area contributed by atoms with E-state index in [0.29, 0.717) is 64.9 Å². The van der Waals surface area contributed by atoms with Gasteiger partial charge in [0.05, 0.1) is 54.4 Å². The van der Waals surface area contributed by atoms with Crippen molar-refractivity contribution in [3.63, 3.8) is 0 Å². The molecule has 22 heteroatoms. The molecule has 4 aromatic heterocycles. The van der Waals surface area contributed by atoms with E-state index >= 15 is 8.78 Å². The summed E-state index contributed by atoms with van der Waals surface area (Å²) in [5.74, 6) is -2.44. The van der Waals surface area contributed by atoms with E-state index in [-0.39, 0.29) is 46.8 Å². The second kappa shape index (κ2) is 18.5. The van der Waals surface area contributed by atoms with Crippen molar-refractivity contribution >= 4 is 54.0 Å². The highest BCUT2D eigenvalue weighted by atomic mass is 35.5. The number of nitrogens with one attached hydrogen (secondary N) is 2. The minimum atomic E-state index is -3.05. The Kier molecular flexibility index (Phi) is 12.9. The Hall–Kier alpha value is -6.16. The van der Waals surface area contributed by atoms with E-state index in [4.69, 9.17) is 42.2 Å². The van der Waals surface area contributed by atoms with Gasteiger partial charge in [-0.1, -0.05) is 47.5 Å². The third-order valence-corrected chi connectivity index (χ3v) is 14.9. The van der Waals surface area contributed by atoms with E-state index in [1.807, 2.05) is 0 Å². The molecule has 12 nitrogen and oxygen atoms in total. The van der Waals surface area contributed by atoms with Crippen LogP contribution in [-0.4, -0.2) is 63.1 Å². The van der Waals surface area contributed by atoms with Gasteiger partial charge >= 0.3 is 13.2 Å². The Morgan fingerprint density at radius 1 is 0.614 bits per heavy atom. The molecule has 0 amide bonds. The Morgan fingerprint density at radius 3 is 1.30 bits per heavy atom. The molecule has 0 aliphatic heterocycles.